The summed E-state index contributed by atoms with van der Waals surface area (Å²) in [5.41, 5.74) is 0. The molecule has 1 aliphatic carbocycles. The Morgan fingerprint density at radius 3 is 2.36 bits per heavy atom. The fraction of sp³-hybridized carbons (Fsp3) is 0.533. The molecule has 1 saturated carbocycles. The Morgan fingerprint density at radius 2 is 1.73 bits per heavy atom. The van der Waals surface area contributed by atoms with Crippen LogP contribution in [0.15, 0.2) is 33.6 Å². The number of rotatable bonds is 6. The van der Waals surface area contributed by atoms with Gasteiger partial charge in [0.15, 0.2) is 0 Å². The van der Waals surface area contributed by atoms with Crippen LogP contribution in [0.4, 0.5) is 0 Å². The maximum absolute atomic E-state index is 12.1. The molecule has 1 amide bonds. The third-order valence-corrected chi connectivity index (χ3v) is 5.82. The van der Waals surface area contributed by atoms with Crippen LogP contribution in [-0.2, 0) is 14.8 Å². The summed E-state index contributed by atoms with van der Waals surface area (Å²) >= 11 is 3.27. The number of carbonyl (C=O) groups excluding carboxylic acids is 1. The molecular weight excluding hydrogens is 368 g/mol. The first-order valence-electron chi connectivity index (χ1n) is 7.52. The highest BCUT2D eigenvalue weighted by molar-refractivity contribution is 9.10. The SMILES string of the molecule is O=C(NCCNS(=O)(=O)c1ccc(Br)cc1)C1CCCCC1. The van der Waals surface area contributed by atoms with Crippen molar-refractivity contribution in [3.8, 4) is 0 Å². The van der Waals surface area contributed by atoms with Crippen LogP contribution in [-0.4, -0.2) is 27.4 Å². The van der Waals surface area contributed by atoms with E-state index < -0.39 is 10.0 Å². The fourth-order valence-corrected chi connectivity index (χ4v) is 3.87. The number of hydrogen-bond acceptors (Lipinski definition) is 3. The maximum Gasteiger partial charge on any atom is 0.240 e. The summed E-state index contributed by atoms with van der Waals surface area (Å²) in [4.78, 5) is 12.2. The second-order valence-electron chi connectivity index (χ2n) is 5.48. The second-order valence-corrected chi connectivity index (χ2v) is 8.16. The molecule has 5 nitrogen and oxygen atoms in total. The zero-order valence-electron chi connectivity index (χ0n) is 12.3. The number of amides is 1. The highest BCUT2D eigenvalue weighted by atomic mass is 79.9. The van der Waals surface area contributed by atoms with Gasteiger partial charge in [-0.3, -0.25) is 4.79 Å². The Hall–Kier alpha value is -0.920. The van der Waals surface area contributed by atoms with Crippen molar-refractivity contribution in [1.29, 1.82) is 0 Å². The molecule has 2 rings (SSSR count). The molecule has 0 spiro atoms. The minimum Gasteiger partial charge on any atom is -0.355 e. The van der Waals surface area contributed by atoms with Gasteiger partial charge in [0.25, 0.3) is 0 Å². The van der Waals surface area contributed by atoms with Crippen molar-refractivity contribution in [2.45, 2.75) is 37.0 Å². The van der Waals surface area contributed by atoms with Gasteiger partial charge in [-0.15, -0.1) is 0 Å². The minimum absolute atomic E-state index is 0.0440. The van der Waals surface area contributed by atoms with Crippen LogP contribution in [0.1, 0.15) is 32.1 Å². The number of nitrogens with one attached hydrogen (secondary N) is 2. The first-order valence-corrected chi connectivity index (χ1v) is 9.79. The Morgan fingerprint density at radius 1 is 1.09 bits per heavy atom. The summed E-state index contributed by atoms with van der Waals surface area (Å²) in [7, 11) is -3.52. The fourth-order valence-electron chi connectivity index (χ4n) is 2.58. The van der Waals surface area contributed by atoms with Gasteiger partial charge in [-0.25, -0.2) is 13.1 Å². The molecular formula is C15H21BrN2O3S. The van der Waals surface area contributed by atoms with Gasteiger partial charge in [0.1, 0.15) is 0 Å². The van der Waals surface area contributed by atoms with Crippen molar-refractivity contribution >= 4 is 31.9 Å². The van der Waals surface area contributed by atoms with Crippen LogP contribution in [0.25, 0.3) is 0 Å². The van der Waals surface area contributed by atoms with E-state index in [1.54, 1.807) is 12.1 Å². The highest BCUT2D eigenvalue weighted by Crippen LogP contribution is 2.23. The van der Waals surface area contributed by atoms with Crippen LogP contribution in [0, 0.1) is 5.92 Å². The van der Waals surface area contributed by atoms with Crippen molar-refractivity contribution in [2.24, 2.45) is 5.92 Å². The van der Waals surface area contributed by atoms with Crippen molar-refractivity contribution in [3.05, 3.63) is 28.7 Å². The first-order chi connectivity index (χ1) is 10.5. The first kappa shape index (κ1) is 17.4. The van der Waals surface area contributed by atoms with E-state index in [-0.39, 0.29) is 23.3 Å². The Balaban J connectivity index is 1.75. The lowest BCUT2D eigenvalue weighted by molar-refractivity contribution is -0.125. The molecule has 0 bridgehead atoms. The normalized spacial score (nSPS) is 16.4. The number of carbonyl (C=O) groups is 1. The maximum atomic E-state index is 12.1. The van der Waals surface area contributed by atoms with Crippen LogP contribution in [0.3, 0.4) is 0 Å². The van der Waals surface area contributed by atoms with E-state index in [0.29, 0.717) is 6.54 Å². The van der Waals surface area contributed by atoms with Crippen molar-refractivity contribution in [2.75, 3.05) is 13.1 Å². The molecule has 1 aromatic rings. The zero-order chi connectivity index (χ0) is 16.0. The summed E-state index contributed by atoms with van der Waals surface area (Å²) in [6.07, 6.45) is 5.30. The number of benzene rings is 1. The lowest BCUT2D eigenvalue weighted by Gasteiger charge is -2.20. The molecule has 2 N–H and O–H groups in total. The molecule has 0 unspecified atom stereocenters. The Bertz CT molecular complexity index is 596. The zero-order valence-corrected chi connectivity index (χ0v) is 14.7. The van der Waals surface area contributed by atoms with E-state index in [1.807, 2.05) is 0 Å². The lowest BCUT2D eigenvalue weighted by atomic mass is 9.89. The predicted molar refractivity (Wildman–Crippen MR) is 88.9 cm³/mol. The molecule has 1 aromatic carbocycles. The van der Waals surface area contributed by atoms with E-state index in [1.165, 1.54) is 18.6 Å². The molecule has 7 heteroatoms. The van der Waals surface area contributed by atoms with Gasteiger partial charge in [0.05, 0.1) is 4.90 Å². The topological polar surface area (TPSA) is 75.3 Å². The number of hydrogen-bond donors (Lipinski definition) is 2. The molecule has 0 aliphatic heterocycles. The molecule has 0 heterocycles. The van der Waals surface area contributed by atoms with Crippen LogP contribution >= 0.6 is 15.9 Å². The van der Waals surface area contributed by atoms with E-state index >= 15 is 0 Å². The molecule has 0 atom stereocenters. The van der Waals surface area contributed by atoms with Crippen molar-refractivity contribution in [1.82, 2.24) is 10.0 Å². The van der Waals surface area contributed by atoms with Crippen molar-refractivity contribution < 1.29 is 13.2 Å². The van der Waals surface area contributed by atoms with Gasteiger partial charge in [-0.2, -0.15) is 0 Å². The second kappa shape index (κ2) is 8.08. The molecule has 0 saturated heterocycles. The van der Waals surface area contributed by atoms with Gasteiger partial charge < -0.3 is 5.32 Å². The Kier molecular flexibility index (Phi) is 6.40. The van der Waals surface area contributed by atoms with Crippen molar-refractivity contribution in [3.63, 3.8) is 0 Å². The van der Waals surface area contributed by atoms with Gasteiger partial charge in [0, 0.05) is 23.5 Å². The molecule has 122 valence electrons. The molecule has 0 radical (unpaired) electrons. The molecule has 0 aromatic heterocycles. The van der Waals surface area contributed by atoms with E-state index in [2.05, 4.69) is 26.0 Å². The van der Waals surface area contributed by atoms with Crippen LogP contribution < -0.4 is 10.0 Å². The monoisotopic (exact) mass is 388 g/mol. The standard InChI is InChI=1S/C15H21BrN2O3S/c16-13-6-8-14(9-7-13)22(20,21)18-11-10-17-15(19)12-4-2-1-3-5-12/h6-9,12,18H,1-5,10-11H2,(H,17,19). The molecule has 22 heavy (non-hydrogen) atoms. The third kappa shape index (κ3) is 5.07. The van der Waals surface area contributed by atoms with Gasteiger partial charge in [-0.05, 0) is 37.1 Å². The highest BCUT2D eigenvalue weighted by Gasteiger charge is 2.20. The van der Waals surface area contributed by atoms with Crippen LogP contribution in [0.2, 0.25) is 0 Å². The predicted octanol–water partition coefficient (Wildman–Crippen LogP) is 2.42. The van der Waals surface area contributed by atoms with Gasteiger partial charge in [-0.1, -0.05) is 35.2 Å². The summed E-state index contributed by atoms with van der Waals surface area (Å²) in [6, 6.07) is 6.43. The largest absolute Gasteiger partial charge is 0.355 e. The number of sulfonamides is 1. The average Bonchev–Trinajstić information content (AvgIpc) is 2.52. The Labute approximate surface area is 140 Å². The quantitative estimate of drug-likeness (QED) is 0.734. The smallest absolute Gasteiger partial charge is 0.240 e. The lowest BCUT2D eigenvalue weighted by Crippen LogP contribution is -2.38. The molecule has 1 aliphatic rings. The summed E-state index contributed by atoms with van der Waals surface area (Å²) in [5, 5.41) is 2.81. The van der Waals surface area contributed by atoms with Gasteiger partial charge in [0.2, 0.25) is 15.9 Å². The summed E-state index contributed by atoms with van der Waals surface area (Å²) < 4.78 is 27.4. The van der Waals surface area contributed by atoms with Crippen LogP contribution in [0.5, 0.6) is 0 Å². The van der Waals surface area contributed by atoms with E-state index in [4.69, 9.17) is 0 Å². The van der Waals surface area contributed by atoms with Gasteiger partial charge >= 0.3 is 0 Å². The summed E-state index contributed by atoms with van der Waals surface area (Å²) in [5.74, 6) is 0.138. The third-order valence-electron chi connectivity index (χ3n) is 3.82. The average molecular weight is 389 g/mol. The van der Waals surface area contributed by atoms with E-state index in [0.717, 1.165) is 30.2 Å². The minimum atomic E-state index is -3.52. The summed E-state index contributed by atoms with van der Waals surface area (Å²) in [6.45, 7) is 0.502. The number of halogens is 1. The van der Waals surface area contributed by atoms with E-state index in [9.17, 15) is 13.2 Å². The molecule has 1 fully saturated rings.